The molecule has 1 N–H and O–H groups in total. The molecule has 1 aliphatic carbocycles. The summed E-state index contributed by atoms with van der Waals surface area (Å²) in [4.78, 5) is 22.3. The smallest absolute Gasteiger partial charge is 0.206 e. The van der Waals surface area contributed by atoms with Gasteiger partial charge in [0.15, 0.2) is 5.94 Å². The van der Waals surface area contributed by atoms with E-state index in [0.717, 1.165) is 51.2 Å². The largest absolute Gasteiger partial charge is 0.598 e. The van der Waals surface area contributed by atoms with E-state index in [2.05, 4.69) is 26.7 Å². The Morgan fingerprint density at radius 2 is 1.98 bits per heavy atom. The van der Waals surface area contributed by atoms with Gasteiger partial charge < -0.3 is 14.4 Å². The number of halogens is 1. The predicted octanol–water partition coefficient (Wildman–Crippen LogP) is 4.74. The van der Waals surface area contributed by atoms with Gasteiger partial charge in [0.2, 0.25) is 5.96 Å². The third-order valence-corrected chi connectivity index (χ3v) is 11.4. The van der Waals surface area contributed by atoms with Gasteiger partial charge in [0.25, 0.3) is 0 Å². The Morgan fingerprint density at radius 1 is 1.25 bits per heavy atom. The minimum absolute atomic E-state index is 0.134. The number of likely N-dealkylation sites (N-methyl/N-ethyl adjacent to an activating group) is 1. The Morgan fingerprint density at radius 3 is 2.62 bits per heavy atom. The van der Waals surface area contributed by atoms with Gasteiger partial charge in [0.05, 0.1) is 26.9 Å². The average Bonchev–Trinajstić information content (AvgIpc) is 3.45. The lowest BCUT2D eigenvalue weighted by atomic mass is 9.74. The van der Waals surface area contributed by atoms with Crippen LogP contribution < -0.4 is 4.72 Å². The van der Waals surface area contributed by atoms with Gasteiger partial charge in [0, 0.05) is 49.6 Å². The van der Waals surface area contributed by atoms with Crippen LogP contribution in [0.5, 0.6) is 0 Å². The van der Waals surface area contributed by atoms with Crippen molar-refractivity contribution in [1.29, 1.82) is 5.26 Å². The summed E-state index contributed by atoms with van der Waals surface area (Å²) < 4.78 is 17.5. The van der Waals surface area contributed by atoms with E-state index in [1.807, 2.05) is 40.0 Å². The molecule has 5 rings (SSSR count). The molecule has 3 aliphatic rings. The van der Waals surface area contributed by atoms with Crippen LogP contribution in [-0.4, -0.2) is 67.0 Å². The molecular formula is C28H34ClN7O2S2. The van der Waals surface area contributed by atoms with Crippen molar-refractivity contribution in [3.05, 3.63) is 39.7 Å². The number of thioether (sulfide) groups is 1. The van der Waals surface area contributed by atoms with Crippen LogP contribution in [0.15, 0.2) is 38.8 Å². The standard InChI is InChI=1S/C28H34ClN7O2S2/c1-27(2,3)40(38)33-23-7-6-10-28(23)11-13-36(14-12-28)26-31-16-22(20(17-37)34(26)4)39-21-9-8-18-24(25(21)29)19(15-30)35(5)32-18/h8-9,16,23,33H,6-7,10-14H2,1-5H3/t23-,40?/m1/s1. The Balaban J connectivity index is 1.34. The average molecular weight is 600 g/mol. The number of nitrogens with one attached hydrogen (secondary N) is 1. The molecule has 2 fully saturated rings. The molecule has 1 aromatic heterocycles. The van der Waals surface area contributed by atoms with E-state index in [9.17, 15) is 14.6 Å². The second-order valence-corrected chi connectivity index (χ2v) is 15.1. The molecule has 3 heterocycles. The molecule has 2 atom stereocenters. The number of guanidine groups is 1. The highest BCUT2D eigenvalue weighted by Gasteiger charge is 2.48. The summed E-state index contributed by atoms with van der Waals surface area (Å²) in [7, 11) is 3.55. The van der Waals surface area contributed by atoms with E-state index in [0.29, 0.717) is 37.1 Å². The molecular weight excluding hydrogens is 566 g/mol. The molecule has 1 saturated carbocycles. The van der Waals surface area contributed by atoms with Crippen LogP contribution in [0.25, 0.3) is 10.9 Å². The van der Waals surface area contributed by atoms with Crippen LogP contribution in [-0.2, 0) is 23.2 Å². The van der Waals surface area contributed by atoms with Gasteiger partial charge in [-0.15, -0.1) is 4.72 Å². The van der Waals surface area contributed by atoms with Crippen molar-refractivity contribution in [3.63, 3.8) is 0 Å². The molecule has 1 saturated heterocycles. The molecule has 1 unspecified atom stereocenters. The summed E-state index contributed by atoms with van der Waals surface area (Å²) >= 11 is 6.95. The lowest BCUT2D eigenvalue weighted by molar-refractivity contribution is 0.122. The van der Waals surface area contributed by atoms with Crippen molar-refractivity contribution in [3.8, 4) is 6.07 Å². The van der Waals surface area contributed by atoms with E-state index in [4.69, 9.17) is 16.6 Å². The second-order valence-electron chi connectivity index (χ2n) is 11.7. The van der Waals surface area contributed by atoms with E-state index in [1.165, 1.54) is 16.4 Å². The highest BCUT2D eigenvalue weighted by Crippen LogP contribution is 2.48. The Hall–Kier alpha value is -2.45. The molecule has 2 aliphatic heterocycles. The maximum absolute atomic E-state index is 12.8. The first-order valence-electron chi connectivity index (χ1n) is 13.4. The number of aryl methyl sites for hydroxylation is 1. The van der Waals surface area contributed by atoms with Gasteiger partial charge in [-0.05, 0) is 64.0 Å². The summed E-state index contributed by atoms with van der Waals surface area (Å²) in [5, 5.41) is 14.9. The monoisotopic (exact) mass is 599 g/mol. The number of nitriles is 1. The first-order valence-corrected chi connectivity index (χ1v) is 15.8. The number of benzene rings is 1. The Kier molecular flexibility index (Phi) is 8.05. The minimum Gasteiger partial charge on any atom is -0.598 e. The van der Waals surface area contributed by atoms with Crippen molar-refractivity contribution < 1.29 is 9.35 Å². The number of aromatic nitrogens is 2. The fraction of sp³-hybridized carbons (Fsp3) is 0.536. The first kappa shape index (κ1) is 29.1. The van der Waals surface area contributed by atoms with Crippen molar-refractivity contribution in [2.75, 3.05) is 20.1 Å². The van der Waals surface area contributed by atoms with Gasteiger partial charge in [-0.2, -0.15) is 10.4 Å². The Labute approximate surface area is 247 Å². The highest BCUT2D eigenvalue weighted by atomic mass is 35.5. The van der Waals surface area contributed by atoms with Crippen LogP contribution in [0.1, 0.15) is 58.6 Å². The van der Waals surface area contributed by atoms with Crippen LogP contribution in [0.2, 0.25) is 5.02 Å². The zero-order chi connectivity index (χ0) is 28.8. The molecule has 2 aromatic rings. The summed E-state index contributed by atoms with van der Waals surface area (Å²) in [6.07, 6.45) is 6.99. The zero-order valence-corrected chi connectivity index (χ0v) is 25.8. The fourth-order valence-electron chi connectivity index (χ4n) is 5.95. The number of likely N-dealkylation sites (tertiary alicyclic amines) is 1. The molecule has 40 heavy (non-hydrogen) atoms. The second kappa shape index (κ2) is 11.1. The molecule has 212 valence electrons. The van der Waals surface area contributed by atoms with Crippen molar-refractivity contribution in [2.24, 2.45) is 17.5 Å². The minimum atomic E-state index is -1.09. The van der Waals surface area contributed by atoms with Gasteiger partial charge in [-0.25, -0.2) is 9.79 Å². The van der Waals surface area contributed by atoms with Crippen LogP contribution >= 0.6 is 23.4 Å². The third kappa shape index (κ3) is 5.18. The maximum atomic E-state index is 12.8. The number of piperidine rings is 1. The van der Waals surface area contributed by atoms with E-state index in [1.54, 1.807) is 18.1 Å². The van der Waals surface area contributed by atoms with Crippen LogP contribution in [0, 0.1) is 16.7 Å². The number of nitrogens with zero attached hydrogens (tertiary/aromatic N) is 6. The van der Waals surface area contributed by atoms with Crippen molar-refractivity contribution >= 4 is 57.5 Å². The lowest BCUT2D eigenvalue weighted by Crippen LogP contribution is -2.55. The molecule has 1 spiro atoms. The van der Waals surface area contributed by atoms with Gasteiger partial charge in [0.1, 0.15) is 22.2 Å². The number of hydrogen-bond acceptors (Lipinski definition) is 9. The van der Waals surface area contributed by atoms with Crippen molar-refractivity contribution in [1.82, 2.24) is 24.3 Å². The highest BCUT2D eigenvalue weighted by molar-refractivity contribution is 8.03. The molecule has 0 bridgehead atoms. The number of carbonyl (C=O) groups excluding carboxylic acids is 1. The molecule has 9 nitrogen and oxygen atoms in total. The summed E-state index contributed by atoms with van der Waals surface area (Å²) in [5.41, 5.74) is 1.55. The molecule has 1 aromatic carbocycles. The molecule has 0 radical (unpaired) electrons. The van der Waals surface area contributed by atoms with Gasteiger partial charge >= 0.3 is 0 Å². The molecule has 12 heteroatoms. The van der Waals surface area contributed by atoms with Crippen molar-refractivity contribution in [2.45, 2.75) is 68.6 Å². The number of aliphatic imine (C=N–C) groups is 1. The summed E-state index contributed by atoms with van der Waals surface area (Å²) in [5.74, 6) is 2.83. The normalized spacial score (nSPS) is 21.9. The predicted molar refractivity (Wildman–Crippen MR) is 161 cm³/mol. The van der Waals surface area contributed by atoms with Crippen LogP contribution in [0.3, 0.4) is 0 Å². The fourth-order valence-corrected chi connectivity index (χ4v) is 8.24. The van der Waals surface area contributed by atoms with Gasteiger partial charge in [-0.3, -0.25) is 4.68 Å². The number of hydrogen-bond donors (Lipinski definition) is 1. The number of rotatable bonds is 4. The zero-order valence-electron chi connectivity index (χ0n) is 23.5. The number of fused-ring (bicyclic) bond motifs is 1. The summed E-state index contributed by atoms with van der Waals surface area (Å²) in [6.45, 7) is 7.64. The maximum Gasteiger partial charge on any atom is 0.206 e. The van der Waals surface area contributed by atoms with Gasteiger partial charge in [-0.1, -0.05) is 29.8 Å². The molecule has 0 amide bonds. The quantitative estimate of drug-likeness (QED) is 0.396. The summed E-state index contributed by atoms with van der Waals surface area (Å²) in [6, 6.07) is 6.08. The Bertz CT molecular complexity index is 1470. The van der Waals surface area contributed by atoms with E-state index >= 15 is 0 Å². The third-order valence-electron chi connectivity index (χ3n) is 8.25. The van der Waals surface area contributed by atoms with Crippen LogP contribution in [0.4, 0.5) is 0 Å². The first-order chi connectivity index (χ1) is 19.0. The topological polar surface area (TPSA) is 113 Å². The van der Waals surface area contributed by atoms with E-state index < -0.39 is 11.4 Å². The van der Waals surface area contributed by atoms with E-state index in [-0.39, 0.29) is 16.2 Å². The lowest BCUT2D eigenvalue weighted by Gasteiger charge is -2.45. The SMILES string of the molecule is CN1C(=C=O)C(Sc2ccc3nn(C)c(C#N)c3c2Cl)=CN=C1N1CCC2(CCC[C@H]2N[S+]([O-])C(C)(C)C)CC1.